The predicted molar refractivity (Wildman–Crippen MR) is 84.5 cm³/mol. The summed E-state index contributed by atoms with van der Waals surface area (Å²) in [6.45, 7) is 1.45. The SMILES string of the molecule is CN(C)Cc1ccnc([C@@H]2CCCN2C(=O)c2cccnn2)n1. The van der Waals surface area contributed by atoms with Crippen LogP contribution in [0.15, 0.2) is 30.6 Å². The molecule has 7 nitrogen and oxygen atoms in total. The van der Waals surface area contributed by atoms with Gasteiger partial charge in [0.15, 0.2) is 11.5 Å². The highest BCUT2D eigenvalue weighted by atomic mass is 16.2. The molecule has 7 heteroatoms. The molecule has 0 spiro atoms. The van der Waals surface area contributed by atoms with Crippen molar-refractivity contribution in [1.82, 2.24) is 30.0 Å². The van der Waals surface area contributed by atoms with Gasteiger partial charge in [-0.25, -0.2) is 9.97 Å². The molecule has 3 heterocycles. The van der Waals surface area contributed by atoms with Crippen molar-refractivity contribution in [2.75, 3.05) is 20.6 Å². The van der Waals surface area contributed by atoms with E-state index in [1.54, 1.807) is 29.4 Å². The van der Waals surface area contributed by atoms with Gasteiger partial charge in [-0.15, -0.1) is 5.10 Å². The van der Waals surface area contributed by atoms with Gasteiger partial charge in [-0.05, 0) is 45.1 Å². The van der Waals surface area contributed by atoms with Crippen LogP contribution in [0, 0.1) is 0 Å². The van der Waals surface area contributed by atoms with E-state index in [1.165, 1.54) is 0 Å². The summed E-state index contributed by atoms with van der Waals surface area (Å²) in [5.74, 6) is 0.598. The molecular formula is C16H20N6O. The van der Waals surface area contributed by atoms with E-state index in [4.69, 9.17) is 0 Å². The fourth-order valence-electron chi connectivity index (χ4n) is 2.83. The molecule has 1 aliphatic rings. The lowest BCUT2D eigenvalue weighted by molar-refractivity contribution is 0.0722. The number of amides is 1. The van der Waals surface area contributed by atoms with E-state index in [2.05, 4.69) is 25.1 Å². The first-order valence-electron chi connectivity index (χ1n) is 7.70. The number of nitrogens with zero attached hydrogens (tertiary/aromatic N) is 6. The summed E-state index contributed by atoms with van der Waals surface area (Å²) in [6.07, 6.45) is 5.14. The zero-order valence-electron chi connectivity index (χ0n) is 13.4. The Balaban J connectivity index is 1.83. The van der Waals surface area contributed by atoms with Gasteiger partial charge in [0.2, 0.25) is 0 Å². The lowest BCUT2D eigenvalue weighted by Crippen LogP contribution is -2.32. The minimum Gasteiger partial charge on any atom is -0.327 e. The highest BCUT2D eigenvalue weighted by Crippen LogP contribution is 2.30. The zero-order valence-corrected chi connectivity index (χ0v) is 13.4. The van der Waals surface area contributed by atoms with Gasteiger partial charge in [0.05, 0.1) is 11.7 Å². The van der Waals surface area contributed by atoms with E-state index >= 15 is 0 Å². The molecule has 0 unspecified atom stereocenters. The summed E-state index contributed by atoms with van der Waals surface area (Å²) in [5, 5.41) is 7.71. The van der Waals surface area contributed by atoms with Crippen molar-refractivity contribution in [3.05, 3.63) is 47.8 Å². The molecule has 0 N–H and O–H groups in total. The van der Waals surface area contributed by atoms with E-state index in [-0.39, 0.29) is 11.9 Å². The summed E-state index contributed by atoms with van der Waals surface area (Å²) in [6, 6.07) is 5.23. The molecule has 1 fully saturated rings. The summed E-state index contributed by atoms with van der Waals surface area (Å²) in [4.78, 5) is 25.6. The Hall–Kier alpha value is -2.41. The van der Waals surface area contributed by atoms with Crippen molar-refractivity contribution in [3.63, 3.8) is 0 Å². The quantitative estimate of drug-likeness (QED) is 0.847. The first-order valence-corrected chi connectivity index (χ1v) is 7.70. The third kappa shape index (κ3) is 3.50. The topological polar surface area (TPSA) is 75.1 Å². The summed E-state index contributed by atoms with van der Waals surface area (Å²) in [5.41, 5.74) is 1.32. The Morgan fingerprint density at radius 2 is 2.22 bits per heavy atom. The monoisotopic (exact) mass is 312 g/mol. The Morgan fingerprint density at radius 1 is 1.35 bits per heavy atom. The van der Waals surface area contributed by atoms with Gasteiger partial charge in [0.1, 0.15) is 0 Å². The standard InChI is InChI=1S/C16H20N6O/c1-21(2)11-12-7-9-17-15(19-12)14-6-4-10-22(14)16(23)13-5-3-8-18-20-13/h3,5,7-9,14H,4,6,10-11H2,1-2H3/t14-/m0/s1. The lowest BCUT2D eigenvalue weighted by Gasteiger charge is -2.23. The predicted octanol–water partition coefficient (Wildman–Crippen LogP) is 1.31. The molecular weight excluding hydrogens is 292 g/mol. The van der Waals surface area contributed by atoms with Crippen molar-refractivity contribution in [3.8, 4) is 0 Å². The summed E-state index contributed by atoms with van der Waals surface area (Å²) in [7, 11) is 4.00. The molecule has 1 atom stereocenters. The summed E-state index contributed by atoms with van der Waals surface area (Å²) < 4.78 is 0. The normalized spacial score (nSPS) is 17.7. The second kappa shape index (κ2) is 6.78. The molecule has 0 radical (unpaired) electrons. The second-order valence-electron chi connectivity index (χ2n) is 5.91. The number of aromatic nitrogens is 4. The number of rotatable bonds is 4. The van der Waals surface area contributed by atoms with E-state index in [9.17, 15) is 4.79 Å². The van der Waals surface area contributed by atoms with Crippen LogP contribution in [0.25, 0.3) is 0 Å². The summed E-state index contributed by atoms with van der Waals surface area (Å²) >= 11 is 0. The van der Waals surface area contributed by atoms with E-state index in [0.717, 1.165) is 25.1 Å². The Morgan fingerprint density at radius 3 is 2.96 bits per heavy atom. The number of hydrogen-bond acceptors (Lipinski definition) is 6. The third-order valence-electron chi connectivity index (χ3n) is 3.81. The van der Waals surface area contributed by atoms with Crippen molar-refractivity contribution < 1.29 is 4.79 Å². The lowest BCUT2D eigenvalue weighted by atomic mass is 10.2. The van der Waals surface area contributed by atoms with Crippen LogP contribution in [-0.2, 0) is 6.54 Å². The maximum atomic E-state index is 12.7. The van der Waals surface area contributed by atoms with Crippen LogP contribution in [0.3, 0.4) is 0 Å². The number of likely N-dealkylation sites (tertiary alicyclic amines) is 1. The van der Waals surface area contributed by atoms with Crippen LogP contribution in [0.5, 0.6) is 0 Å². The minimum atomic E-state index is -0.109. The van der Waals surface area contributed by atoms with Gasteiger partial charge in [-0.3, -0.25) is 4.79 Å². The molecule has 3 rings (SSSR count). The van der Waals surface area contributed by atoms with Crippen LogP contribution in [0.2, 0.25) is 0 Å². The van der Waals surface area contributed by atoms with Crippen molar-refractivity contribution in [2.45, 2.75) is 25.4 Å². The molecule has 120 valence electrons. The molecule has 1 saturated heterocycles. The molecule has 2 aromatic heterocycles. The van der Waals surface area contributed by atoms with Crippen LogP contribution < -0.4 is 0 Å². The number of hydrogen-bond donors (Lipinski definition) is 0. The van der Waals surface area contributed by atoms with Crippen molar-refractivity contribution in [2.24, 2.45) is 0 Å². The van der Waals surface area contributed by atoms with Crippen LogP contribution in [0.4, 0.5) is 0 Å². The number of carbonyl (C=O) groups is 1. The molecule has 1 amide bonds. The average Bonchev–Trinajstić information content (AvgIpc) is 3.04. The van der Waals surface area contributed by atoms with Gasteiger partial charge in [0, 0.05) is 25.5 Å². The molecule has 0 aliphatic carbocycles. The van der Waals surface area contributed by atoms with Gasteiger partial charge >= 0.3 is 0 Å². The van der Waals surface area contributed by atoms with Crippen LogP contribution in [0.1, 0.15) is 40.9 Å². The molecule has 0 aromatic carbocycles. The molecule has 0 bridgehead atoms. The highest BCUT2D eigenvalue weighted by Gasteiger charge is 2.33. The van der Waals surface area contributed by atoms with Gasteiger partial charge in [-0.1, -0.05) is 0 Å². The molecule has 2 aromatic rings. The first-order chi connectivity index (χ1) is 11.1. The average molecular weight is 312 g/mol. The smallest absolute Gasteiger partial charge is 0.274 e. The highest BCUT2D eigenvalue weighted by molar-refractivity contribution is 5.92. The van der Waals surface area contributed by atoms with Crippen molar-refractivity contribution in [1.29, 1.82) is 0 Å². The van der Waals surface area contributed by atoms with E-state index < -0.39 is 0 Å². The fraction of sp³-hybridized carbons (Fsp3) is 0.438. The van der Waals surface area contributed by atoms with Gasteiger partial charge in [-0.2, -0.15) is 5.10 Å². The maximum Gasteiger partial charge on any atom is 0.274 e. The van der Waals surface area contributed by atoms with E-state index in [0.29, 0.717) is 18.1 Å². The van der Waals surface area contributed by atoms with E-state index in [1.807, 2.05) is 20.2 Å². The first kappa shape index (κ1) is 15.5. The van der Waals surface area contributed by atoms with Gasteiger partial charge in [0.25, 0.3) is 5.91 Å². The fourth-order valence-corrected chi connectivity index (χ4v) is 2.83. The van der Waals surface area contributed by atoms with Gasteiger partial charge < -0.3 is 9.80 Å². The Kier molecular flexibility index (Phi) is 4.57. The van der Waals surface area contributed by atoms with Crippen LogP contribution >= 0.6 is 0 Å². The minimum absolute atomic E-state index is 0.0911. The number of carbonyl (C=O) groups excluding carboxylic acids is 1. The maximum absolute atomic E-state index is 12.7. The Labute approximate surface area is 135 Å². The molecule has 0 saturated carbocycles. The second-order valence-corrected chi connectivity index (χ2v) is 5.91. The molecule has 23 heavy (non-hydrogen) atoms. The largest absolute Gasteiger partial charge is 0.327 e. The zero-order chi connectivity index (χ0) is 16.2. The molecule has 1 aliphatic heterocycles. The van der Waals surface area contributed by atoms with Crippen molar-refractivity contribution >= 4 is 5.91 Å². The Bertz CT molecular complexity index is 675. The third-order valence-corrected chi connectivity index (χ3v) is 3.81. The van der Waals surface area contributed by atoms with Crippen LogP contribution in [-0.4, -0.2) is 56.5 Å².